The van der Waals surface area contributed by atoms with Gasteiger partial charge < -0.3 is 9.88 Å². The number of aryl methyl sites for hydroxylation is 1. The Kier molecular flexibility index (Phi) is 3.62. The molecule has 2 rings (SSSR count). The van der Waals surface area contributed by atoms with Crippen molar-refractivity contribution in [2.24, 2.45) is 13.0 Å². The van der Waals surface area contributed by atoms with Gasteiger partial charge in [0, 0.05) is 25.5 Å². The first-order valence-corrected chi connectivity index (χ1v) is 5.82. The molecule has 0 aliphatic heterocycles. The molecular weight excluding hydrogens is 184 g/mol. The third kappa shape index (κ3) is 2.96. The molecule has 1 aromatic heterocycles. The zero-order valence-corrected chi connectivity index (χ0v) is 9.45. The van der Waals surface area contributed by atoms with E-state index in [0.717, 1.165) is 19.0 Å². The van der Waals surface area contributed by atoms with E-state index in [2.05, 4.69) is 47.4 Å². The molecule has 2 heteroatoms. The fraction of sp³-hybridized carbons (Fsp3) is 0.538. The van der Waals surface area contributed by atoms with Gasteiger partial charge in [-0.25, -0.2) is 0 Å². The van der Waals surface area contributed by atoms with Crippen LogP contribution in [0, 0.1) is 5.92 Å². The minimum atomic E-state index is 0.843. The Hall–Kier alpha value is -1.02. The fourth-order valence-electron chi connectivity index (χ4n) is 2.13. The van der Waals surface area contributed by atoms with Crippen LogP contribution in [0.2, 0.25) is 0 Å². The first-order valence-electron chi connectivity index (χ1n) is 5.82. The number of rotatable bonds is 4. The van der Waals surface area contributed by atoms with Crippen LogP contribution in [-0.2, 0) is 13.6 Å². The molecule has 1 atom stereocenters. The number of hydrogen-bond donors (Lipinski definition) is 1. The van der Waals surface area contributed by atoms with E-state index >= 15 is 0 Å². The van der Waals surface area contributed by atoms with Crippen LogP contribution in [0.5, 0.6) is 0 Å². The molecule has 1 aromatic rings. The maximum Gasteiger partial charge on any atom is 0.0359 e. The van der Waals surface area contributed by atoms with Gasteiger partial charge in [-0.3, -0.25) is 0 Å². The van der Waals surface area contributed by atoms with Gasteiger partial charge in [0.2, 0.25) is 0 Å². The Labute approximate surface area is 92.0 Å². The lowest BCUT2D eigenvalue weighted by Gasteiger charge is -2.18. The van der Waals surface area contributed by atoms with Crippen molar-refractivity contribution in [1.82, 2.24) is 9.88 Å². The summed E-state index contributed by atoms with van der Waals surface area (Å²) in [5.74, 6) is 0.843. The summed E-state index contributed by atoms with van der Waals surface area (Å²) in [6.45, 7) is 2.14. The molecule has 0 amide bonds. The summed E-state index contributed by atoms with van der Waals surface area (Å²) in [4.78, 5) is 0. The lowest BCUT2D eigenvalue weighted by molar-refractivity contribution is 0.437. The van der Waals surface area contributed by atoms with E-state index in [1.807, 2.05) is 0 Å². The zero-order chi connectivity index (χ0) is 10.5. The lowest BCUT2D eigenvalue weighted by Crippen LogP contribution is -2.23. The Morgan fingerprint density at radius 2 is 2.40 bits per heavy atom. The Morgan fingerprint density at radius 1 is 1.47 bits per heavy atom. The van der Waals surface area contributed by atoms with E-state index in [0.29, 0.717) is 0 Å². The average Bonchev–Trinajstić information content (AvgIpc) is 2.66. The largest absolute Gasteiger partial charge is 0.353 e. The summed E-state index contributed by atoms with van der Waals surface area (Å²) < 4.78 is 2.17. The third-order valence-corrected chi connectivity index (χ3v) is 3.17. The van der Waals surface area contributed by atoms with E-state index in [1.165, 1.54) is 25.0 Å². The van der Waals surface area contributed by atoms with E-state index in [9.17, 15) is 0 Å². The number of nitrogens with zero attached hydrogens (tertiary/aromatic N) is 1. The van der Waals surface area contributed by atoms with Crippen molar-refractivity contribution >= 4 is 0 Å². The highest BCUT2D eigenvalue weighted by molar-refractivity contribution is 5.06. The number of aromatic nitrogens is 1. The number of nitrogens with one attached hydrogen (secondary N) is 1. The molecule has 0 aromatic carbocycles. The maximum atomic E-state index is 3.54. The average molecular weight is 204 g/mol. The molecule has 1 aliphatic carbocycles. The summed E-state index contributed by atoms with van der Waals surface area (Å²) in [5, 5.41) is 3.54. The quantitative estimate of drug-likeness (QED) is 0.746. The van der Waals surface area contributed by atoms with Crippen LogP contribution in [0.1, 0.15) is 25.0 Å². The van der Waals surface area contributed by atoms with Crippen molar-refractivity contribution < 1.29 is 0 Å². The Balaban J connectivity index is 1.71. The third-order valence-electron chi connectivity index (χ3n) is 3.17. The topological polar surface area (TPSA) is 17.0 Å². The molecule has 1 unspecified atom stereocenters. The van der Waals surface area contributed by atoms with Crippen molar-refractivity contribution in [2.75, 3.05) is 6.54 Å². The predicted molar refractivity (Wildman–Crippen MR) is 63.6 cm³/mol. The zero-order valence-electron chi connectivity index (χ0n) is 9.45. The van der Waals surface area contributed by atoms with Gasteiger partial charge in [0.1, 0.15) is 0 Å². The van der Waals surface area contributed by atoms with Gasteiger partial charge in [0.15, 0.2) is 0 Å². The van der Waals surface area contributed by atoms with Crippen LogP contribution in [-0.4, -0.2) is 11.1 Å². The van der Waals surface area contributed by atoms with E-state index in [4.69, 9.17) is 0 Å². The molecule has 15 heavy (non-hydrogen) atoms. The van der Waals surface area contributed by atoms with Crippen molar-refractivity contribution in [3.05, 3.63) is 36.2 Å². The van der Waals surface area contributed by atoms with Gasteiger partial charge >= 0.3 is 0 Å². The van der Waals surface area contributed by atoms with Crippen molar-refractivity contribution in [1.29, 1.82) is 0 Å². The number of hydrogen-bond acceptors (Lipinski definition) is 1. The SMILES string of the molecule is Cn1cccc1CNCC1CC=CCC1. The van der Waals surface area contributed by atoms with Gasteiger partial charge in [0.05, 0.1) is 0 Å². The second-order valence-corrected chi connectivity index (χ2v) is 4.39. The smallest absolute Gasteiger partial charge is 0.0359 e. The standard InChI is InChI=1S/C13H20N2/c1-15-9-5-8-13(15)11-14-10-12-6-3-2-4-7-12/h2-3,5,8-9,12,14H,4,6-7,10-11H2,1H3. The van der Waals surface area contributed by atoms with Gasteiger partial charge in [-0.05, 0) is 43.9 Å². The first-order chi connectivity index (χ1) is 7.36. The molecular formula is C13H20N2. The highest BCUT2D eigenvalue weighted by Crippen LogP contribution is 2.16. The second kappa shape index (κ2) is 5.17. The first kappa shape index (κ1) is 10.5. The van der Waals surface area contributed by atoms with Crippen LogP contribution in [0.3, 0.4) is 0 Å². The van der Waals surface area contributed by atoms with E-state index in [1.54, 1.807) is 0 Å². The normalized spacial score (nSPS) is 20.7. The molecule has 82 valence electrons. The molecule has 0 spiro atoms. The number of allylic oxidation sites excluding steroid dienone is 2. The Bertz CT molecular complexity index is 325. The fourth-order valence-corrected chi connectivity index (χ4v) is 2.13. The molecule has 0 fully saturated rings. The molecule has 1 aliphatic rings. The molecule has 0 saturated heterocycles. The van der Waals surface area contributed by atoms with Crippen molar-refractivity contribution in [3.63, 3.8) is 0 Å². The minimum Gasteiger partial charge on any atom is -0.353 e. The predicted octanol–water partition coefficient (Wildman–Crippen LogP) is 2.47. The summed E-state index contributed by atoms with van der Waals surface area (Å²) in [7, 11) is 2.10. The van der Waals surface area contributed by atoms with Crippen molar-refractivity contribution in [3.8, 4) is 0 Å². The van der Waals surface area contributed by atoms with Crippen LogP contribution >= 0.6 is 0 Å². The molecule has 0 saturated carbocycles. The summed E-state index contributed by atoms with van der Waals surface area (Å²) >= 11 is 0. The summed E-state index contributed by atoms with van der Waals surface area (Å²) in [5.41, 5.74) is 1.36. The van der Waals surface area contributed by atoms with Gasteiger partial charge in [-0.1, -0.05) is 12.2 Å². The van der Waals surface area contributed by atoms with Gasteiger partial charge in [0.25, 0.3) is 0 Å². The second-order valence-electron chi connectivity index (χ2n) is 4.39. The Morgan fingerprint density at radius 3 is 3.07 bits per heavy atom. The monoisotopic (exact) mass is 204 g/mol. The lowest BCUT2D eigenvalue weighted by atomic mass is 9.94. The summed E-state index contributed by atoms with van der Waals surface area (Å²) in [6.07, 6.45) is 10.6. The molecule has 1 N–H and O–H groups in total. The van der Waals surface area contributed by atoms with Crippen LogP contribution in [0.25, 0.3) is 0 Å². The van der Waals surface area contributed by atoms with Crippen LogP contribution < -0.4 is 5.32 Å². The molecule has 2 nitrogen and oxygen atoms in total. The van der Waals surface area contributed by atoms with E-state index in [-0.39, 0.29) is 0 Å². The van der Waals surface area contributed by atoms with E-state index < -0.39 is 0 Å². The maximum absolute atomic E-state index is 3.54. The minimum absolute atomic E-state index is 0.843. The van der Waals surface area contributed by atoms with Gasteiger partial charge in [-0.15, -0.1) is 0 Å². The molecule has 1 heterocycles. The van der Waals surface area contributed by atoms with Crippen LogP contribution in [0.4, 0.5) is 0 Å². The van der Waals surface area contributed by atoms with Gasteiger partial charge in [-0.2, -0.15) is 0 Å². The highest BCUT2D eigenvalue weighted by Gasteiger charge is 2.08. The molecule has 0 bridgehead atoms. The summed E-state index contributed by atoms with van der Waals surface area (Å²) in [6, 6.07) is 4.27. The van der Waals surface area contributed by atoms with Crippen molar-refractivity contribution in [2.45, 2.75) is 25.8 Å². The van der Waals surface area contributed by atoms with Crippen LogP contribution in [0.15, 0.2) is 30.5 Å². The highest BCUT2D eigenvalue weighted by atomic mass is 15.0. The molecule has 0 radical (unpaired) electrons.